The van der Waals surface area contributed by atoms with E-state index in [1.807, 2.05) is 0 Å². The van der Waals surface area contributed by atoms with Crippen LogP contribution in [0.4, 0.5) is 52.7 Å². The van der Waals surface area contributed by atoms with Gasteiger partial charge in [0.05, 0.1) is 0 Å². The van der Waals surface area contributed by atoms with Crippen LogP contribution in [0.25, 0.3) is 0 Å². The van der Waals surface area contributed by atoms with Gasteiger partial charge in [-0.3, -0.25) is 4.55 Å². The van der Waals surface area contributed by atoms with Crippen LogP contribution in [0.5, 0.6) is 0 Å². The van der Waals surface area contributed by atoms with Crippen molar-refractivity contribution in [1.82, 2.24) is 0 Å². The van der Waals surface area contributed by atoms with Crippen LogP contribution in [0.3, 0.4) is 0 Å². The molecule has 17 heteroatoms. The first-order chi connectivity index (χ1) is 14.2. The molecule has 33 heavy (non-hydrogen) atoms. The smallest absolute Gasteiger partial charge is 0.285 e. The first-order valence-corrected chi connectivity index (χ1v) is 10.2. The second kappa shape index (κ2) is 5.96. The highest BCUT2D eigenvalue weighted by molar-refractivity contribution is 8.07. The number of hydrogen-bond donors (Lipinski definition) is 1. The molecule has 0 atom stereocenters. The molecule has 2 aliphatic heterocycles. The molecule has 2 aliphatic rings. The normalized spacial score (nSPS) is 24.8. The van der Waals surface area contributed by atoms with E-state index in [0.29, 0.717) is 0 Å². The van der Waals surface area contributed by atoms with Crippen molar-refractivity contribution in [2.75, 3.05) is 0 Å². The van der Waals surface area contributed by atoms with Crippen LogP contribution in [0, 0.1) is 0 Å². The predicted octanol–water partition coefficient (Wildman–Crippen LogP) is 6.17. The third kappa shape index (κ3) is 3.00. The average molecular weight is 528 g/mol. The topological polar surface area (TPSA) is 55.8 Å². The third-order valence-corrected chi connectivity index (χ3v) is 7.41. The SMILES string of the molecule is CC(C)(C)c1cc2c3c(c1)C(C(F)(F)F)(C(F)(F)F)OS3(=O)(O)OC2(C(F)(F)F)C(F)(F)F. The van der Waals surface area contributed by atoms with E-state index in [2.05, 4.69) is 8.37 Å². The summed E-state index contributed by atoms with van der Waals surface area (Å²) < 4.78 is 195. The zero-order valence-electron chi connectivity index (χ0n) is 16.3. The van der Waals surface area contributed by atoms with Crippen molar-refractivity contribution in [1.29, 1.82) is 0 Å². The van der Waals surface area contributed by atoms with Crippen molar-refractivity contribution >= 4 is 9.91 Å². The summed E-state index contributed by atoms with van der Waals surface area (Å²) in [7, 11) is -7.99. The van der Waals surface area contributed by atoms with Crippen molar-refractivity contribution in [3.63, 3.8) is 0 Å². The Bertz CT molecular complexity index is 992. The van der Waals surface area contributed by atoms with Gasteiger partial charge in [0, 0.05) is 11.1 Å². The molecule has 0 saturated heterocycles. The van der Waals surface area contributed by atoms with E-state index in [9.17, 15) is 61.4 Å². The summed E-state index contributed by atoms with van der Waals surface area (Å²) in [5.41, 5.74) is -18.9. The Balaban J connectivity index is 2.70. The van der Waals surface area contributed by atoms with Gasteiger partial charge in [0.15, 0.2) is 0 Å². The Morgan fingerprint density at radius 2 is 0.970 bits per heavy atom. The lowest BCUT2D eigenvalue weighted by molar-refractivity contribution is -0.380. The van der Waals surface area contributed by atoms with Crippen LogP contribution in [0.15, 0.2) is 17.0 Å². The molecule has 4 nitrogen and oxygen atoms in total. The van der Waals surface area contributed by atoms with Crippen LogP contribution in [0.1, 0.15) is 37.5 Å². The molecule has 0 spiro atoms. The van der Waals surface area contributed by atoms with Crippen molar-refractivity contribution in [3.05, 3.63) is 28.8 Å². The summed E-state index contributed by atoms with van der Waals surface area (Å²) >= 11 is 0. The lowest BCUT2D eigenvalue weighted by Gasteiger charge is -2.41. The Labute approximate surface area is 176 Å². The van der Waals surface area contributed by atoms with Crippen LogP contribution >= 0.6 is 0 Å². The van der Waals surface area contributed by atoms with E-state index in [1.165, 1.54) is 0 Å². The maximum atomic E-state index is 13.8. The number of alkyl halides is 12. The molecule has 2 heterocycles. The summed E-state index contributed by atoms with van der Waals surface area (Å²) in [6.45, 7) is 3.19. The monoisotopic (exact) mass is 528 g/mol. The largest absolute Gasteiger partial charge is 0.432 e. The molecule has 0 bridgehead atoms. The standard InChI is InChI=1S/C16H12F12O4S/c1-10(2,3)6-4-7-9-8(5-6)12(15(23,24)25,16(26,27)28)32-33(9,29,30)31-11(7,13(17,18)19)14(20,21)22/h4-5H,1-3H3,(H,29,30). The van der Waals surface area contributed by atoms with E-state index in [4.69, 9.17) is 0 Å². The van der Waals surface area contributed by atoms with Gasteiger partial charge in [-0.15, -0.1) is 0 Å². The van der Waals surface area contributed by atoms with E-state index in [1.54, 1.807) is 0 Å². The minimum atomic E-state index is -7.99. The van der Waals surface area contributed by atoms with Crippen molar-refractivity contribution in [2.45, 2.75) is 67.0 Å². The van der Waals surface area contributed by atoms with Gasteiger partial charge in [0.1, 0.15) is 4.90 Å². The van der Waals surface area contributed by atoms with Crippen LogP contribution in [-0.4, -0.2) is 33.5 Å². The molecule has 1 aromatic carbocycles. The number of rotatable bonds is 0. The minimum Gasteiger partial charge on any atom is -0.285 e. The maximum absolute atomic E-state index is 13.8. The fourth-order valence-corrected chi connectivity index (χ4v) is 6.49. The third-order valence-electron chi connectivity index (χ3n) is 5.20. The fourth-order valence-electron chi connectivity index (χ4n) is 3.70. The van der Waals surface area contributed by atoms with Gasteiger partial charge in [-0.25, -0.2) is 8.37 Å². The summed E-state index contributed by atoms with van der Waals surface area (Å²) in [6.07, 6.45) is -26.6. The number of benzene rings is 1. The van der Waals surface area contributed by atoms with E-state index < -0.39 is 72.8 Å². The second-order valence-electron chi connectivity index (χ2n) is 8.44. The summed E-state index contributed by atoms with van der Waals surface area (Å²) in [6, 6.07) is -0.105. The molecule has 0 amide bonds. The van der Waals surface area contributed by atoms with Crippen LogP contribution in [0.2, 0.25) is 0 Å². The number of hydrogen-bond acceptors (Lipinski definition) is 3. The molecule has 0 fully saturated rings. The Morgan fingerprint density at radius 1 is 0.697 bits per heavy atom. The first kappa shape index (κ1) is 26.0. The van der Waals surface area contributed by atoms with Crippen LogP contribution in [-0.2, 0) is 34.9 Å². The average Bonchev–Trinajstić information content (AvgIpc) is 2.89. The lowest BCUT2D eigenvalue weighted by Crippen LogP contribution is -2.60. The van der Waals surface area contributed by atoms with Gasteiger partial charge in [-0.2, -0.15) is 56.9 Å². The maximum Gasteiger partial charge on any atom is 0.432 e. The van der Waals surface area contributed by atoms with E-state index in [0.717, 1.165) is 20.8 Å². The summed E-state index contributed by atoms with van der Waals surface area (Å²) in [5, 5.41) is 0. The molecule has 3 rings (SSSR count). The van der Waals surface area contributed by atoms with E-state index in [-0.39, 0.29) is 12.1 Å². The molecule has 0 aliphatic carbocycles. The molecule has 0 saturated carbocycles. The number of halogens is 12. The Morgan fingerprint density at radius 3 is 1.18 bits per heavy atom. The summed E-state index contributed by atoms with van der Waals surface area (Å²) in [4.78, 5) is -2.51. The van der Waals surface area contributed by atoms with Gasteiger partial charge >= 0.3 is 35.9 Å². The van der Waals surface area contributed by atoms with Crippen molar-refractivity contribution in [2.24, 2.45) is 0 Å². The molecule has 190 valence electrons. The molecule has 0 aromatic heterocycles. The molecular formula is C16H12F12O4S. The predicted molar refractivity (Wildman–Crippen MR) is 83.9 cm³/mol. The zero-order chi connectivity index (χ0) is 26.1. The zero-order valence-corrected chi connectivity index (χ0v) is 17.1. The highest BCUT2D eigenvalue weighted by Crippen LogP contribution is 2.73. The highest BCUT2D eigenvalue weighted by Gasteiger charge is 2.89. The molecule has 0 radical (unpaired) electrons. The fraction of sp³-hybridized carbons (Fsp3) is 0.625. The summed E-state index contributed by atoms with van der Waals surface area (Å²) in [5.74, 6) is 0. The van der Waals surface area contributed by atoms with Crippen molar-refractivity contribution in [3.8, 4) is 0 Å². The molecular weight excluding hydrogens is 516 g/mol. The molecule has 1 N–H and O–H groups in total. The van der Waals surface area contributed by atoms with Gasteiger partial charge < -0.3 is 0 Å². The molecule has 1 aromatic rings. The second-order valence-corrected chi connectivity index (χ2v) is 10.7. The van der Waals surface area contributed by atoms with Crippen LogP contribution < -0.4 is 0 Å². The van der Waals surface area contributed by atoms with Gasteiger partial charge in [-0.05, 0) is 11.0 Å². The molecule has 0 unspecified atom stereocenters. The quantitative estimate of drug-likeness (QED) is 0.410. The Kier molecular flexibility index (Phi) is 4.70. The first-order valence-electron chi connectivity index (χ1n) is 8.47. The lowest BCUT2D eigenvalue weighted by atomic mass is 9.78. The minimum absolute atomic E-state index is 0.0527. The van der Waals surface area contributed by atoms with E-state index >= 15 is 0 Å². The van der Waals surface area contributed by atoms with Crippen molar-refractivity contribution < 1.29 is 69.8 Å². The van der Waals surface area contributed by atoms with Gasteiger partial charge in [0.25, 0.3) is 0 Å². The highest BCUT2D eigenvalue weighted by atomic mass is 32.3. The van der Waals surface area contributed by atoms with Gasteiger partial charge in [0.2, 0.25) is 9.91 Å². The Hall–Kier alpha value is -1.59. The van der Waals surface area contributed by atoms with Gasteiger partial charge in [-0.1, -0.05) is 32.9 Å².